The molecule has 0 radical (unpaired) electrons. The first-order valence-corrected chi connectivity index (χ1v) is 10.3. The van der Waals surface area contributed by atoms with Crippen LogP contribution in [0.1, 0.15) is 21.5 Å². The third-order valence-electron chi connectivity index (χ3n) is 5.38. The molecule has 0 spiro atoms. The number of benzene rings is 2. The average molecular weight is 454 g/mol. The zero-order chi connectivity index (χ0) is 23.4. The van der Waals surface area contributed by atoms with Crippen molar-refractivity contribution in [1.82, 2.24) is 19.6 Å². The van der Waals surface area contributed by atoms with Gasteiger partial charge >= 0.3 is 6.18 Å². The first-order valence-electron chi connectivity index (χ1n) is 10.3. The lowest BCUT2D eigenvalue weighted by Gasteiger charge is -2.34. The molecule has 1 fully saturated rings. The number of carbonyl (C=O) groups excluding carboxylic acids is 2. The number of rotatable bonds is 4. The molecule has 3 aromatic rings. The van der Waals surface area contributed by atoms with Crippen molar-refractivity contribution in [3.05, 3.63) is 89.8 Å². The molecule has 2 amide bonds. The Morgan fingerprint density at radius 1 is 0.879 bits per heavy atom. The summed E-state index contributed by atoms with van der Waals surface area (Å²) in [7, 11) is 0. The van der Waals surface area contributed by atoms with Crippen LogP contribution in [0.25, 0.3) is 11.8 Å². The van der Waals surface area contributed by atoms with E-state index in [1.54, 1.807) is 26.8 Å². The van der Waals surface area contributed by atoms with E-state index in [4.69, 9.17) is 0 Å². The van der Waals surface area contributed by atoms with Gasteiger partial charge in [-0.3, -0.25) is 9.59 Å². The lowest BCUT2D eigenvalue weighted by atomic mass is 10.1. The molecular formula is C24H21F3N4O2. The van der Waals surface area contributed by atoms with Crippen molar-refractivity contribution in [3.8, 4) is 5.69 Å². The van der Waals surface area contributed by atoms with E-state index in [-0.39, 0.29) is 17.4 Å². The highest BCUT2D eigenvalue weighted by Crippen LogP contribution is 2.29. The van der Waals surface area contributed by atoms with Crippen molar-refractivity contribution < 1.29 is 22.8 Å². The Morgan fingerprint density at radius 2 is 1.52 bits per heavy atom. The molecule has 2 heterocycles. The molecule has 2 aromatic carbocycles. The van der Waals surface area contributed by atoms with Crippen LogP contribution in [0.5, 0.6) is 0 Å². The molecule has 0 bridgehead atoms. The molecule has 170 valence electrons. The number of hydrogen-bond acceptors (Lipinski definition) is 3. The molecule has 1 aliphatic heterocycles. The third kappa shape index (κ3) is 5.31. The molecular weight excluding hydrogens is 433 g/mol. The Kier molecular flexibility index (Phi) is 6.30. The van der Waals surface area contributed by atoms with Crippen LogP contribution in [-0.2, 0) is 11.0 Å². The summed E-state index contributed by atoms with van der Waals surface area (Å²) in [5.41, 5.74) is 1.09. The van der Waals surface area contributed by atoms with Gasteiger partial charge in [0.15, 0.2) is 0 Å². The van der Waals surface area contributed by atoms with Gasteiger partial charge in [0, 0.05) is 49.6 Å². The molecule has 6 nitrogen and oxygen atoms in total. The van der Waals surface area contributed by atoms with E-state index in [0.717, 1.165) is 23.4 Å². The number of para-hydroxylation sites is 1. The van der Waals surface area contributed by atoms with Crippen LogP contribution in [0.15, 0.2) is 73.1 Å². The van der Waals surface area contributed by atoms with Crippen LogP contribution in [0.4, 0.5) is 13.2 Å². The van der Waals surface area contributed by atoms with Gasteiger partial charge in [-0.15, -0.1) is 0 Å². The molecule has 0 unspecified atom stereocenters. The molecule has 0 saturated carbocycles. The first kappa shape index (κ1) is 22.3. The smallest absolute Gasteiger partial charge is 0.336 e. The fourth-order valence-corrected chi connectivity index (χ4v) is 3.53. The van der Waals surface area contributed by atoms with Crippen molar-refractivity contribution in [2.24, 2.45) is 0 Å². The highest BCUT2D eigenvalue weighted by molar-refractivity contribution is 5.95. The maximum Gasteiger partial charge on any atom is 0.416 e. The summed E-state index contributed by atoms with van der Waals surface area (Å²) >= 11 is 0. The Balaban J connectivity index is 1.31. The Labute approximate surface area is 188 Å². The number of aromatic nitrogens is 2. The molecule has 1 aromatic heterocycles. The number of nitrogens with zero attached hydrogens (tertiary/aromatic N) is 4. The lowest BCUT2D eigenvalue weighted by Crippen LogP contribution is -2.50. The molecule has 4 rings (SSSR count). The first-order chi connectivity index (χ1) is 15.8. The minimum absolute atomic E-state index is 0.177. The molecule has 9 heteroatoms. The van der Waals surface area contributed by atoms with E-state index in [1.807, 2.05) is 36.5 Å². The molecule has 1 aliphatic rings. The SMILES string of the molecule is O=C(/C=C/c1cnn(-c2ccccc2)c1)N1CCN(C(=O)c2ccc(C(F)(F)F)cc2)CC1. The largest absolute Gasteiger partial charge is 0.416 e. The van der Waals surface area contributed by atoms with Gasteiger partial charge in [0.2, 0.25) is 5.91 Å². The topological polar surface area (TPSA) is 58.4 Å². The highest BCUT2D eigenvalue weighted by atomic mass is 19.4. The van der Waals surface area contributed by atoms with E-state index in [1.165, 1.54) is 18.2 Å². The maximum atomic E-state index is 12.7. The Bertz CT molecular complexity index is 1150. The summed E-state index contributed by atoms with van der Waals surface area (Å²) in [6.07, 6.45) is 2.20. The predicted octanol–water partition coefficient (Wildman–Crippen LogP) is 3.89. The van der Waals surface area contributed by atoms with Crippen LogP contribution in [0, 0.1) is 0 Å². The summed E-state index contributed by atoms with van der Waals surface area (Å²) in [4.78, 5) is 28.3. The van der Waals surface area contributed by atoms with Gasteiger partial charge in [0.25, 0.3) is 5.91 Å². The standard InChI is InChI=1S/C24H21F3N4O2/c25-24(26,27)20-9-7-19(8-10-20)23(33)30-14-12-29(13-15-30)22(32)11-6-18-16-28-31(17-18)21-4-2-1-3-5-21/h1-11,16-17H,12-15H2/b11-6+. The number of piperazine rings is 1. The zero-order valence-electron chi connectivity index (χ0n) is 17.6. The second-order valence-electron chi connectivity index (χ2n) is 7.58. The molecule has 0 atom stereocenters. The summed E-state index contributed by atoms with van der Waals surface area (Å²) in [6, 6.07) is 13.8. The fraction of sp³-hybridized carbons (Fsp3) is 0.208. The van der Waals surface area contributed by atoms with E-state index in [2.05, 4.69) is 5.10 Å². The van der Waals surface area contributed by atoms with Gasteiger partial charge in [0.05, 0.1) is 17.4 Å². The summed E-state index contributed by atoms with van der Waals surface area (Å²) in [5, 5.41) is 4.29. The zero-order valence-corrected chi connectivity index (χ0v) is 17.6. The van der Waals surface area contributed by atoms with Crippen LogP contribution >= 0.6 is 0 Å². The number of alkyl halides is 3. The highest BCUT2D eigenvalue weighted by Gasteiger charge is 2.31. The van der Waals surface area contributed by atoms with E-state index in [0.29, 0.717) is 26.2 Å². The molecule has 33 heavy (non-hydrogen) atoms. The summed E-state index contributed by atoms with van der Waals surface area (Å²) in [5.74, 6) is -0.524. The van der Waals surface area contributed by atoms with Gasteiger partial charge in [-0.05, 0) is 42.5 Å². The van der Waals surface area contributed by atoms with Gasteiger partial charge in [-0.1, -0.05) is 18.2 Å². The summed E-state index contributed by atoms with van der Waals surface area (Å²) in [6.45, 7) is 1.31. The van der Waals surface area contributed by atoms with Crippen molar-refractivity contribution in [2.75, 3.05) is 26.2 Å². The second-order valence-corrected chi connectivity index (χ2v) is 7.58. The van der Waals surface area contributed by atoms with E-state index in [9.17, 15) is 22.8 Å². The minimum atomic E-state index is -4.44. The normalized spacial score (nSPS) is 14.6. The van der Waals surface area contributed by atoms with Crippen molar-refractivity contribution in [2.45, 2.75) is 6.18 Å². The second kappa shape index (κ2) is 9.32. The minimum Gasteiger partial charge on any atom is -0.336 e. The van der Waals surface area contributed by atoms with Crippen LogP contribution in [-0.4, -0.2) is 57.6 Å². The van der Waals surface area contributed by atoms with Crippen LogP contribution in [0.3, 0.4) is 0 Å². The number of halogens is 3. The van der Waals surface area contributed by atoms with Crippen molar-refractivity contribution in [1.29, 1.82) is 0 Å². The average Bonchev–Trinajstić information content (AvgIpc) is 3.31. The van der Waals surface area contributed by atoms with Gasteiger partial charge in [-0.25, -0.2) is 4.68 Å². The van der Waals surface area contributed by atoms with Crippen LogP contribution in [0.2, 0.25) is 0 Å². The number of amides is 2. The summed E-state index contributed by atoms with van der Waals surface area (Å²) < 4.78 is 39.8. The molecule has 0 aliphatic carbocycles. The maximum absolute atomic E-state index is 12.7. The van der Waals surface area contributed by atoms with E-state index < -0.39 is 11.7 Å². The monoisotopic (exact) mass is 454 g/mol. The fourth-order valence-electron chi connectivity index (χ4n) is 3.53. The lowest BCUT2D eigenvalue weighted by molar-refractivity contribution is -0.137. The number of hydrogen-bond donors (Lipinski definition) is 0. The molecule has 1 saturated heterocycles. The molecule has 0 N–H and O–H groups in total. The third-order valence-corrected chi connectivity index (χ3v) is 5.38. The Morgan fingerprint density at radius 3 is 2.15 bits per heavy atom. The van der Waals surface area contributed by atoms with Crippen molar-refractivity contribution >= 4 is 17.9 Å². The van der Waals surface area contributed by atoms with Gasteiger partial charge < -0.3 is 9.80 Å². The predicted molar refractivity (Wildman–Crippen MR) is 117 cm³/mol. The number of carbonyl (C=O) groups is 2. The van der Waals surface area contributed by atoms with Crippen molar-refractivity contribution in [3.63, 3.8) is 0 Å². The quantitative estimate of drug-likeness (QED) is 0.562. The van der Waals surface area contributed by atoms with Crippen LogP contribution < -0.4 is 0 Å². The Hall–Kier alpha value is -3.88. The van der Waals surface area contributed by atoms with Gasteiger partial charge in [0.1, 0.15) is 0 Å². The van der Waals surface area contributed by atoms with Gasteiger partial charge in [-0.2, -0.15) is 18.3 Å². The van der Waals surface area contributed by atoms with E-state index >= 15 is 0 Å².